The molecular formula is C26H31ClN5O5P. The molecule has 2 aliphatic rings. The lowest BCUT2D eigenvalue weighted by Gasteiger charge is -2.30. The van der Waals surface area contributed by atoms with Crippen molar-refractivity contribution >= 4 is 36.6 Å². The van der Waals surface area contributed by atoms with Crippen LogP contribution in [0.2, 0.25) is 0 Å². The first-order valence-electron chi connectivity index (χ1n) is 12.3. The Bertz CT molecular complexity index is 1290. The van der Waals surface area contributed by atoms with Gasteiger partial charge in [0.2, 0.25) is 10.9 Å². The standard InChI is InChI=1S/C26H31ClN5O5P/c1-3-5-20(23-26(2,27)36-25-22(32-23)24(28)30-17-31-25)7-4-6-18-8-10-21(11-9-18)37-38(33,34)35-16-19-12-14-29-15-13-19/h3-7,12-15,17-18,21H,8-11,16H2,1-2H3,(H,33,34)(H2,28,30,31)/b5-3-,6-4+,20-7+. The molecule has 0 radical (unpaired) electrons. The molecule has 0 saturated heterocycles. The lowest BCUT2D eigenvalue weighted by atomic mass is 9.87. The minimum absolute atomic E-state index is 0.0157. The van der Waals surface area contributed by atoms with E-state index < -0.39 is 12.9 Å². The van der Waals surface area contributed by atoms with Gasteiger partial charge in [-0.15, -0.1) is 0 Å². The number of phosphoric acid groups is 1. The maximum Gasteiger partial charge on any atom is 0.472 e. The number of ether oxygens (including phenoxy) is 1. The number of phosphoric ester groups is 1. The van der Waals surface area contributed by atoms with Crippen molar-refractivity contribution in [2.45, 2.75) is 57.3 Å². The van der Waals surface area contributed by atoms with E-state index in [1.54, 1.807) is 31.5 Å². The molecule has 2 aromatic heterocycles. The van der Waals surface area contributed by atoms with E-state index in [1.165, 1.54) is 6.33 Å². The Morgan fingerprint density at radius 2 is 2.03 bits per heavy atom. The summed E-state index contributed by atoms with van der Waals surface area (Å²) in [5.41, 5.74) is 8.33. The number of aliphatic imine (C=N–C) groups is 1. The van der Waals surface area contributed by atoms with Crippen LogP contribution in [0.5, 0.6) is 5.88 Å². The molecule has 2 aromatic rings. The first kappa shape index (κ1) is 28.1. The maximum atomic E-state index is 12.4. The number of nitrogens with zero attached hydrogens (tertiary/aromatic N) is 4. The van der Waals surface area contributed by atoms with Crippen molar-refractivity contribution in [3.05, 3.63) is 72.4 Å². The Morgan fingerprint density at radius 1 is 1.29 bits per heavy atom. The highest BCUT2D eigenvalue weighted by Crippen LogP contribution is 2.48. The lowest BCUT2D eigenvalue weighted by Crippen LogP contribution is -2.38. The van der Waals surface area contributed by atoms with E-state index >= 15 is 0 Å². The summed E-state index contributed by atoms with van der Waals surface area (Å²) in [6.45, 7) is 3.59. The van der Waals surface area contributed by atoms with Gasteiger partial charge in [-0.3, -0.25) is 14.0 Å². The number of alkyl halides is 1. The van der Waals surface area contributed by atoms with Crippen LogP contribution >= 0.6 is 19.4 Å². The van der Waals surface area contributed by atoms with Crippen molar-refractivity contribution < 1.29 is 23.2 Å². The van der Waals surface area contributed by atoms with Crippen LogP contribution in [0.15, 0.2) is 71.8 Å². The van der Waals surface area contributed by atoms with E-state index in [0.29, 0.717) is 30.2 Å². The number of fused-ring (bicyclic) bond motifs is 1. The third-order valence-electron chi connectivity index (χ3n) is 6.18. The van der Waals surface area contributed by atoms with Gasteiger partial charge in [-0.05, 0) is 63.1 Å². The predicted octanol–water partition coefficient (Wildman–Crippen LogP) is 5.83. The van der Waals surface area contributed by atoms with Crippen LogP contribution in [-0.4, -0.2) is 36.7 Å². The number of nitrogen functional groups attached to an aromatic ring is 1. The lowest BCUT2D eigenvalue weighted by molar-refractivity contribution is 0.0732. The van der Waals surface area contributed by atoms with Crippen LogP contribution in [0.3, 0.4) is 0 Å². The number of allylic oxidation sites excluding steroid dienone is 5. The molecule has 3 N–H and O–H groups in total. The molecule has 0 bridgehead atoms. The molecule has 4 rings (SSSR count). The summed E-state index contributed by atoms with van der Waals surface area (Å²) in [4.78, 5) is 26.7. The minimum Gasteiger partial charge on any atom is -0.448 e. The van der Waals surface area contributed by atoms with E-state index in [0.717, 1.165) is 24.0 Å². The highest BCUT2D eigenvalue weighted by atomic mass is 35.5. The highest BCUT2D eigenvalue weighted by Gasteiger charge is 2.38. The Hall–Kier alpha value is -2.88. The molecule has 0 aromatic carbocycles. The monoisotopic (exact) mass is 559 g/mol. The largest absolute Gasteiger partial charge is 0.472 e. The topological polar surface area (TPSA) is 142 Å². The summed E-state index contributed by atoms with van der Waals surface area (Å²) in [6, 6.07) is 3.44. The van der Waals surface area contributed by atoms with Gasteiger partial charge in [0.1, 0.15) is 12.0 Å². The fourth-order valence-corrected chi connectivity index (χ4v) is 5.45. The molecule has 1 aliphatic heterocycles. The number of pyridine rings is 1. The zero-order valence-corrected chi connectivity index (χ0v) is 22.9. The second-order valence-corrected chi connectivity index (χ2v) is 11.3. The Morgan fingerprint density at radius 3 is 2.74 bits per heavy atom. The third-order valence-corrected chi connectivity index (χ3v) is 7.45. The van der Waals surface area contributed by atoms with Gasteiger partial charge in [-0.2, -0.15) is 4.98 Å². The quantitative estimate of drug-likeness (QED) is 0.220. The van der Waals surface area contributed by atoms with Crippen LogP contribution in [0.1, 0.15) is 45.1 Å². The first-order valence-corrected chi connectivity index (χ1v) is 14.2. The van der Waals surface area contributed by atoms with Gasteiger partial charge in [0.05, 0.1) is 12.7 Å². The number of hydrogen-bond donors (Lipinski definition) is 2. The number of anilines is 1. The number of hydrogen-bond acceptors (Lipinski definition) is 9. The second kappa shape index (κ2) is 12.3. The molecule has 10 nitrogen and oxygen atoms in total. The Kier molecular flexibility index (Phi) is 9.12. The third kappa shape index (κ3) is 7.36. The number of rotatable bonds is 9. The van der Waals surface area contributed by atoms with Crippen molar-refractivity contribution in [1.29, 1.82) is 0 Å². The van der Waals surface area contributed by atoms with Crippen molar-refractivity contribution in [3.8, 4) is 5.88 Å². The van der Waals surface area contributed by atoms with Crippen molar-refractivity contribution in [2.75, 3.05) is 5.73 Å². The SMILES string of the molecule is C\C=C/C(=C\C=C\C1CCC(OP(=O)(O)OCc2ccncc2)CC1)C1=Nc2c(N)ncnc2OC1(C)Cl. The van der Waals surface area contributed by atoms with Gasteiger partial charge in [-0.25, -0.2) is 14.5 Å². The van der Waals surface area contributed by atoms with E-state index in [2.05, 4.69) is 26.0 Å². The average molecular weight is 560 g/mol. The predicted molar refractivity (Wildman–Crippen MR) is 146 cm³/mol. The summed E-state index contributed by atoms with van der Waals surface area (Å²) in [5, 5.41) is -1.24. The van der Waals surface area contributed by atoms with E-state index in [4.69, 9.17) is 31.1 Å². The first-order chi connectivity index (χ1) is 18.2. The van der Waals surface area contributed by atoms with Gasteiger partial charge >= 0.3 is 7.82 Å². The summed E-state index contributed by atoms with van der Waals surface area (Å²) >= 11 is 6.68. The van der Waals surface area contributed by atoms with Crippen LogP contribution in [-0.2, 0) is 20.2 Å². The Balaban J connectivity index is 1.36. The van der Waals surface area contributed by atoms with Gasteiger partial charge in [0, 0.05) is 18.0 Å². The molecular weight excluding hydrogens is 529 g/mol. The molecule has 1 saturated carbocycles. The zero-order chi connectivity index (χ0) is 27.2. The Labute approximate surface area is 226 Å². The number of aromatic nitrogens is 3. The molecule has 38 heavy (non-hydrogen) atoms. The molecule has 12 heteroatoms. The summed E-state index contributed by atoms with van der Waals surface area (Å²) in [6.07, 6.45) is 16.9. The van der Waals surface area contributed by atoms with Crippen molar-refractivity contribution in [3.63, 3.8) is 0 Å². The van der Waals surface area contributed by atoms with Crippen LogP contribution in [0.4, 0.5) is 11.5 Å². The summed E-state index contributed by atoms with van der Waals surface area (Å²) in [7, 11) is -4.15. The molecule has 2 unspecified atom stereocenters. The second-order valence-electron chi connectivity index (χ2n) is 9.14. The van der Waals surface area contributed by atoms with Crippen molar-refractivity contribution in [2.24, 2.45) is 10.9 Å². The zero-order valence-electron chi connectivity index (χ0n) is 21.2. The highest BCUT2D eigenvalue weighted by molar-refractivity contribution is 7.47. The smallest absolute Gasteiger partial charge is 0.448 e. The van der Waals surface area contributed by atoms with E-state index in [9.17, 15) is 9.46 Å². The molecule has 0 amide bonds. The van der Waals surface area contributed by atoms with Gasteiger partial charge < -0.3 is 15.4 Å². The van der Waals surface area contributed by atoms with Crippen LogP contribution in [0, 0.1) is 5.92 Å². The number of halogens is 1. The molecule has 3 heterocycles. The maximum absolute atomic E-state index is 12.4. The van der Waals surface area contributed by atoms with E-state index in [-0.39, 0.29) is 24.4 Å². The fourth-order valence-electron chi connectivity index (χ4n) is 4.27. The number of nitrogens with two attached hydrogens (primary N) is 1. The molecule has 1 fully saturated rings. The summed E-state index contributed by atoms with van der Waals surface area (Å²) in [5.74, 6) is 0.748. The van der Waals surface area contributed by atoms with E-state index in [1.807, 2.05) is 31.2 Å². The molecule has 2 atom stereocenters. The van der Waals surface area contributed by atoms with Crippen LogP contribution < -0.4 is 10.5 Å². The van der Waals surface area contributed by atoms with Gasteiger partial charge in [-0.1, -0.05) is 42.0 Å². The van der Waals surface area contributed by atoms with Crippen LogP contribution in [0.25, 0.3) is 0 Å². The van der Waals surface area contributed by atoms with Gasteiger partial charge in [0.15, 0.2) is 11.5 Å². The van der Waals surface area contributed by atoms with Crippen molar-refractivity contribution in [1.82, 2.24) is 15.0 Å². The fraction of sp³-hybridized carbons (Fsp3) is 0.385. The molecule has 1 aliphatic carbocycles. The average Bonchev–Trinajstić information content (AvgIpc) is 2.88. The summed E-state index contributed by atoms with van der Waals surface area (Å²) < 4.78 is 28.8. The minimum atomic E-state index is -4.15. The molecule has 0 spiro atoms. The molecule has 202 valence electrons. The van der Waals surface area contributed by atoms with Gasteiger partial charge in [0.25, 0.3) is 0 Å². The normalized spacial score (nSPS) is 25.6.